The minimum Gasteiger partial charge on any atom is -0.330 e. The second-order valence-corrected chi connectivity index (χ2v) is 3.68. The molecule has 1 aliphatic heterocycles. The molecule has 0 aromatic heterocycles. The average molecular weight is 167 g/mol. The van der Waals surface area contributed by atoms with Crippen LogP contribution < -0.4 is 5.73 Å². The molecule has 0 aliphatic carbocycles. The Morgan fingerprint density at radius 3 is 3.00 bits per heavy atom. The van der Waals surface area contributed by atoms with Crippen LogP contribution >= 0.6 is 0 Å². The third kappa shape index (κ3) is 2.47. The first-order chi connectivity index (χ1) is 5.76. The highest BCUT2D eigenvalue weighted by molar-refractivity contribution is 4.84. The molecule has 1 heterocycles. The summed E-state index contributed by atoms with van der Waals surface area (Å²) < 4.78 is 0. The number of hydrogen-bond acceptors (Lipinski definition) is 3. The van der Waals surface area contributed by atoms with Crippen LogP contribution in [0.5, 0.6) is 0 Å². The first kappa shape index (κ1) is 9.50. The largest absolute Gasteiger partial charge is 0.330 e. The van der Waals surface area contributed by atoms with Crippen molar-refractivity contribution in [3.05, 3.63) is 0 Å². The fourth-order valence-electron chi connectivity index (χ4n) is 1.70. The quantitative estimate of drug-likeness (QED) is 0.663. The van der Waals surface area contributed by atoms with Crippen LogP contribution in [-0.2, 0) is 0 Å². The number of rotatable bonds is 3. The summed E-state index contributed by atoms with van der Waals surface area (Å²) in [7, 11) is 0. The van der Waals surface area contributed by atoms with E-state index in [0.29, 0.717) is 5.92 Å². The van der Waals surface area contributed by atoms with E-state index in [0.717, 1.165) is 26.2 Å². The van der Waals surface area contributed by atoms with Crippen molar-refractivity contribution in [3.63, 3.8) is 0 Å². The fourth-order valence-corrected chi connectivity index (χ4v) is 1.70. The van der Waals surface area contributed by atoms with Gasteiger partial charge in [0.2, 0.25) is 0 Å². The van der Waals surface area contributed by atoms with E-state index in [9.17, 15) is 0 Å². The molecule has 68 valence electrons. The molecule has 0 aromatic carbocycles. The van der Waals surface area contributed by atoms with Crippen LogP contribution in [-0.4, -0.2) is 31.1 Å². The van der Waals surface area contributed by atoms with Gasteiger partial charge in [0.15, 0.2) is 0 Å². The summed E-state index contributed by atoms with van der Waals surface area (Å²) in [5.74, 6) is 0.817. The highest BCUT2D eigenvalue weighted by Crippen LogP contribution is 2.15. The van der Waals surface area contributed by atoms with E-state index in [4.69, 9.17) is 11.0 Å². The molecule has 2 N–H and O–H groups in total. The first-order valence-corrected chi connectivity index (χ1v) is 4.58. The van der Waals surface area contributed by atoms with Crippen LogP contribution in [0.25, 0.3) is 0 Å². The van der Waals surface area contributed by atoms with Crippen LogP contribution in [0.1, 0.15) is 13.3 Å². The molecule has 3 nitrogen and oxygen atoms in total. The van der Waals surface area contributed by atoms with Crippen LogP contribution in [0.4, 0.5) is 0 Å². The molecule has 0 radical (unpaired) electrons. The predicted molar refractivity (Wildman–Crippen MR) is 48.4 cm³/mol. The van der Waals surface area contributed by atoms with E-state index in [1.807, 2.05) is 6.92 Å². The molecule has 2 atom stereocenters. The van der Waals surface area contributed by atoms with Gasteiger partial charge in [0.05, 0.1) is 12.0 Å². The number of nitrogens with two attached hydrogens (primary N) is 1. The van der Waals surface area contributed by atoms with Gasteiger partial charge in [-0.15, -0.1) is 0 Å². The van der Waals surface area contributed by atoms with Gasteiger partial charge >= 0.3 is 0 Å². The number of nitriles is 1. The molecule has 0 saturated carbocycles. The van der Waals surface area contributed by atoms with Gasteiger partial charge < -0.3 is 10.6 Å². The third-order valence-electron chi connectivity index (χ3n) is 2.46. The lowest BCUT2D eigenvalue weighted by Gasteiger charge is -2.16. The van der Waals surface area contributed by atoms with Crippen LogP contribution in [0.3, 0.4) is 0 Å². The normalized spacial score (nSPS) is 26.9. The Balaban J connectivity index is 2.24. The minimum absolute atomic E-state index is 0.154. The molecule has 0 amide bonds. The van der Waals surface area contributed by atoms with Crippen LogP contribution in [0.2, 0.25) is 0 Å². The average Bonchev–Trinajstić information content (AvgIpc) is 2.52. The van der Waals surface area contributed by atoms with Gasteiger partial charge in [0.25, 0.3) is 0 Å². The van der Waals surface area contributed by atoms with Crippen molar-refractivity contribution in [1.29, 1.82) is 5.26 Å². The van der Waals surface area contributed by atoms with Crippen molar-refractivity contribution in [2.75, 3.05) is 26.2 Å². The lowest BCUT2D eigenvalue weighted by Crippen LogP contribution is -2.27. The maximum absolute atomic E-state index is 8.62. The van der Waals surface area contributed by atoms with E-state index >= 15 is 0 Å². The maximum Gasteiger partial charge on any atom is 0.0666 e. The van der Waals surface area contributed by atoms with Crippen LogP contribution in [0.15, 0.2) is 0 Å². The molecule has 1 aliphatic rings. The monoisotopic (exact) mass is 167 g/mol. The van der Waals surface area contributed by atoms with Crippen LogP contribution in [0, 0.1) is 23.2 Å². The Bertz CT molecular complexity index is 173. The lowest BCUT2D eigenvalue weighted by atomic mass is 10.1. The molecular weight excluding hydrogens is 150 g/mol. The molecule has 1 fully saturated rings. The number of likely N-dealkylation sites (tertiary alicyclic amines) is 1. The third-order valence-corrected chi connectivity index (χ3v) is 2.46. The van der Waals surface area contributed by atoms with E-state index in [1.165, 1.54) is 6.42 Å². The second-order valence-electron chi connectivity index (χ2n) is 3.68. The molecular formula is C9H17N3. The fraction of sp³-hybridized carbons (Fsp3) is 0.889. The van der Waals surface area contributed by atoms with Gasteiger partial charge in [-0.1, -0.05) is 0 Å². The zero-order valence-electron chi connectivity index (χ0n) is 7.66. The van der Waals surface area contributed by atoms with E-state index < -0.39 is 0 Å². The lowest BCUT2D eigenvalue weighted by molar-refractivity contribution is 0.302. The minimum atomic E-state index is 0.154. The molecule has 0 spiro atoms. The number of hydrogen-bond donors (Lipinski definition) is 1. The van der Waals surface area contributed by atoms with Gasteiger partial charge in [0.1, 0.15) is 0 Å². The molecule has 2 unspecified atom stereocenters. The Kier molecular flexibility index (Phi) is 3.51. The standard InChI is InChI=1S/C9H17N3/c1-8(4-10)6-12-3-2-9(5-11)7-12/h8-9H,2-3,5-7,11H2,1H3. The smallest absolute Gasteiger partial charge is 0.0666 e. The topological polar surface area (TPSA) is 53.0 Å². The summed E-state index contributed by atoms with van der Waals surface area (Å²) in [6.45, 7) is 5.87. The van der Waals surface area contributed by atoms with Crippen molar-refractivity contribution < 1.29 is 0 Å². The summed E-state index contributed by atoms with van der Waals surface area (Å²) in [5.41, 5.74) is 5.57. The summed E-state index contributed by atoms with van der Waals surface area (Å²) >= 11 is 0. The Hall–Kier alpha value is -0.590. The SMILES string of the molecule is CC(C#N)CN1CCC(CN)C1. The summed E-state index contributed by atoms with van der Waals surface area (Å²) in [5, 5.41) is 8.62. The Morgan fingerprint density at radius 1 is 1.75 bits per heavy atom. The second kappa shape index (κ2) is 4.44. The Morgan fingerprint density at radius 2 is 2.50 bits per heavy atom. The van der Waals surface area contributed by atoms with E-state index in [-0.39, 0.29) is 5.92 Å². The number of nitrogens with zero attached hydrogens (tertiary/aromatic N) is 2. The zero-order chi connectivity index (χ0) is 8.97. The van der Waals surface area contributed by atoms with Crippen molar-refractivity contribution in [3.8, 4) is 6.07 Å². The van der Waals surface area contributed by atoms with E-state index in [1.54, 1.807) is 0 Å². The van der Waals surface area contributed by atoms with E-state index in [2.05, 4.69) is 11.0 Å². The summed E-state index contributed by atoms with van der Waals surface area (Å²) in [6.07, 6.45) is 1.20. The Labute approximate surface area is 74.1 Å². The molecule has 0 bridgehead atoms. The van der Waals surface area contributed by atoms with Gasteiger partial charge in [-0.25, -0.2) is 0 Å². The van der Waals surface area contributed by atoms with Gasteiger partial charge in [-0.3, -0.25) is 0 Å². The van der Waals surface area contributed by atoms with Gasteiger partial charge in [-0.2, -0.15) is 5.26 Å². The molecule has 1 rings (SSSR count). The first-order valence-electron chi connectivity index (χ1n) is 4.58. The summed E-state index contributed by atoms with van der Waals surface area (Å²) in [4.78, 5) is 2.34. The maximum atomic E-state index is 8.62. The summed E-state index contributed by atoms with van der Waals surface area (Å²) in [6, 6.07) is 2.25. The van der Waals surface area contributed by atoms with Gasteiger partial charge in [-0.05, 0) is 32.4 Å². The van der Waals surface area contributed by atoms with Crippen molar-refractivity contribution in [2.24, 2.45) is 17.6 Å². The zero-order valence-corrected chi connectivity index (χ0v) is 7.66. The highest BCUT2D eigenvalue weighted by atomic mass is 15.1. The molecule has 1 saturated heterocycles. The van der Waals surface area contributed by atoms with Crippen molar-refractivity contribution in [2.45, 2.75) is 13.3 Å². The van der Waals surface area contributed by atoms with Gasteiger partial charge in [0, 0.05) is 13.1 Å². The molecule has 0 aromatic rings. The highest BCUT2D eigenvalue weighted by Gasteiger charge is 2.21. The molecule has 12 heavy (non-hydrogen) atoms. The van der Waals surface area contributed by atoms with Crippen molar-refractivity contribution in [1.82, 2.24) is 4.90 Å². The predicted octanol–water partition coefficient (Wildman–Crippen LogP) is 0.427. The molecule has 3 heteroatoms. The van der Waals surface area contributed by atoms with Crippen molar-refractivity contribution >= 4 is 0 Å².